The monoisotopic (exact) mass is 271 g/mol. The van der Waals surface area contributed by atoms with Gasteiger partial charge in [0, 0.05) is 0 Å². The molecule has 0 amide bonds. The van der Waals surface area contributed by atoms with E-state index in [2.05, 4.69) is 43.4 Å². The number of hydrogen-bond acceptors (Lipinski definition) is 1. The summed E-state index contributed by atoms with van der Waals surface area (Å²) in [6, 6.07) is 13.9. The molecule has 1 unspecified atom stereocenters. The zero-order valence-electron chi connectivity index (χ0n) is 12.4. The molecule has 0 radical (unpaired) electrons. The molecule has 2 heteroatoms. The van der Waals surface area contributed by atoms with E-state index >= 15 is 0 Å². The topological polar surface area (TPSA) is 12.0 Å². The lowest BCUT2D eigenvalue weighted by Gasteiger charge is -2.20. The first kappa shape index (κ1) is 14.6. The lowest BCUT2D eigenvalue weighted by Crippen LogP contribution is -2.11. The quantitative estimate of drug-likeness (QED) is 0.782. The van der Waals surface area contributed by atoms with Gasteiger partial charge in [0.1, 0.15) is 5.82 Å². The van der Waals surface area contributed by atoms with Gasteiger partial charge in [-0.2, -0.15) is 0 Å². The summed E-state index contributed by atoms with van der Waals surface area (Å²) in [5.41, 5.74) is 4.16. The Hall–Kier alpha value is -1.83. The average molecular weight is 271 g/mol. The number of rotatable bonds is 5. The summed E-state index contributed by atoms with van der Waals surface area (Å²) in [7, 11) is 0. The Kier molecular flexibility index (Phi) is 4.78. The van der Waals surface area contributed by atoms with Crippen LogP contribution in [0.5, 0.6) is 0 Å². The van der Waals surface area contributed by atoms with E-state index in [1.54, 1.807) is 6.07 Å². The van der Waals surface area contributed by atoms with Gasteiger partial charge in [-0.15, -0.1) is 0 Å². The summed E-state index contributed by atoms with van der Waals surface area (Å²) in [5, 5.41) is 3.32. The van der Waals surface area contributed by atoms with Gasteiger partial charge in [0.05, 0.1) is 11.7 Å². The Morgan fingerprint density at radius 1 is 1.05 bits per heavy atom. The summed E-state index contributed by atoms with van der Waals surface area (Å²) in [4.78, 5) is 0. The Labute approximate surface area is 120 Å². The molecule has 20 heavy (non-hydrogen) atoms. The number of hydrogen-bond donors (Lipinski definition) is 1. The fourth-order valence-electron chi connectivity index (χ4n) is 2.34. The summed E-state index contributed by atoms with van der Waals surface area (Å²) < 4.78 is 13.8. The highest BCUT2D eigenvalue weighted by Gasteiger charge is 2.11. The second-order valence-electron chi connectivity index (χ2n) is 5.18. The number of nitrogens with one attached hydrogen (secondary N) is 1. The van der Waals surface area contributed by atoms with Crippen molar-refractivity contribution in [2.45, 2.75) is 39.7 Å². The van der Waals surface area contributed by atoms with Crippen LogP contribution >= 0.6 is 0 Å². The van der Waals surface area contributed by atoms with Crippen LogP contribution in [-0.4, -0.2) is 0 Å². The van der Waals surface area contributed by atoms with E-state index in [0.29, 0.717) is 5.69 Å². The van der Waals surface area contributed by atoms with Gasteiger partial charge in [0.25, 0.3) is 0 Å². The maximum absolute atomic E-state index is 13.8. The second kappa shape index (κ2) is 6.56. The largest absolute Gasteiger partial charge is 0.376 e. The van der Waals surface area contributed by atoms with E-state index in [1.807, 2.05) is 13.0 Å². The highest BCUT2D eigenvalue weighted by atomic mass is 19.1. The van der Waals surface area contributed by atoms with Crippen LogP contribution in [0, 0.1) is 12.7 Å². The molecule has 1 atom stereocenters. The van der Waals surface area contributed by atoms with E-state index in [9.17, 15) is 4.39 Å². The first-order chi connectivity index (χ1) is 9.63. The van der Waals surface area contributed by atoms with Crippen molar-refractivity contribution in [1.82, 2.24) is 0 Å². The Bertz CT molecular complexity index is 560. The third-order valence-electron chi connectivity index (χ3n) is 3.65. The molecule has 0 heterocycles. The number of aryl methyl sites for hydroxylation is 2. The van der Waals surface area contributed by atoms with E-state index in [0.717, 1.165) is 18.4 Å². The minimum Gasteiger partial charge on any atom is -0.376 e. The highest BCUT2D eigenvalue weighted by Crippen LogP contribution is 2.25. The molecule has 0 saturated carbocycles. The fraction of sp³-hybridized carbons (Fsp3) is 0.333. The molecule has 1 nitrogen and oxygen atoms in total. The SMILES string of the molecule is CCc1ccc(C(CC)Nc2cc(C)ccc2F)cc1. The van der Waals surface area contributed by atoms with Crippen LogP contribution in [0.15, 0.2) is 42.5 Å². The molecule has 0 spiro atoms. The summed E-state index contributed by atoms with van der Waals surface area (Å²) in [5.74, 6) is -0.195. The zero-order chi connectivity index (χ0) is 14.5. The van der Waals surface area contributed by atoms with Crippen molar-refractivity contribution in [3.05, 3.63) is 65.0 Å². The molecule has 0 aliphatic rings. The zero-order valence-corrected chi connectivity index (χ0v) is 12.4. The molecule has 1 N–H and O–H groups in total. The Balaban J connectivity index is 2.21. The molecule has 2 aromatic carbocycles. The molecular weight excluding hydrogens is 249 g/mol. The first-order valence-corrected chi connectivity index (χ1v) is 7.25. The second-order valence-corrected chi connectivity index (χ2v) is 5.18. The third kappa shape index (κ3) is 3.38. The van der Waals surface area contributed by atoms with Gasteiger partial charge in [0.15, 0.2) is 0 Å². The van der Waals surface area contributed by atoms with Crippen LogP contribution in [0.3, 0.4) is 0 Å². The van der Waals surface area contributed by atoms with Gasteiger partial charge in [-0.3, -0.25) is 0 Å². The predicted octanol–water partition coefficient (Wildman–Crippen LogP) is 5.26. The maximum Gasteiger partial charge on any atom is 0.146 e. The lowest BCUT2D eigenvalue weighted by atomic mass is 10.0. The van der Waals surface area contributed by atoms with Crippen LogP contribution in [0.25, 0.3) is 0 Å². The molecule has 0 aliphatic carbocycles. The van der Waals surface area contributed by atoms with Crippen molar-refractivity contribution in [2.24, 2.45) is 0 Å². The molecule has 0 aliphatic heterocycles. The van der Waals surface area contributed by atoms with Crippen LogP contribution in [0.1, 0.15) is 43.0 Å². The normalized spacial score (nSPS) is 12.2. The van der Waals surface area contributed by atoms with Gasteiger partial charge in [0.2, 0.25) is 0 Å². The van der Waals surface area contributed by atoms with Crippen LogP contribution < -0.4 is 5.32 Å². The Morgan fingerprint density at radius 3 is 2.35 bits per heavy atom. The number of benzene rings is 2. The van der Waals surface area contributed by atoms with Crippen LogP contribution in [0.4, 0.5) is 10.1 Å². The van der Waals surface area contributed by atoms with E-state index < -0.39 is 0 Å². The standard InChI is InChI=1S/C18H22FN/c1-4-14-7-9-15(10-8-14)17(5-2)20-18-12-13(3)6-11-16(18)19/h6-12,17,20H,4-5H2,1-3H3. The predicted molar refractivity (Wildman–Crippen MR) is 83.6 cm³/mol. The van der Waals surface area contributed by atoms with E-state index in [-0.39, 0.29) is 11.9 Å². The van der Waals surface area contributed by atoms with Crippen LogP contribution in [-0.2, 0) is 6.42 Å². The molecule has 0 aromatic heterocycles. The first-order valence-electron chi connectivity index (χ1n) is 7.25. The molecule has 106 valence electrons. The van der Waals surface area contributed by atoms with Crippen molar-refractivity contribution >= 4 is 5.69 Å². The van der Waals surface area contributed by atoms with Crippen molar-refractivity contribution in [3.63, 3.8) is 0 Å². The van der Waals surface area contributed by atoms with Gasteiger partial charge in [-0.1, -0.05) is 44.2 Å². The van der Waals surface area contributed by atoms with Crippen molar-refractivity contribution < 1.29 is 4.39 Å². The smallest absolute Gasteiger partial charge is 0.146 e. The van der Waals surface area contributed by atoms with Gasteiger partial charge < -0.3 is 5.32 Å². The highest BCUT2D eigenvalue weighted by molar-refractivity contribution is 5.49. The number of anilines is 1. The molecule has 2 aromatic rings. The minimum absolute atomic E-state index is 0.136. The molecule has 0 bridgehead atoms. The number of halogens is 1. The molecular formula is C18H22FN. The average Bonchev–Trinajstić information content (AvgIpc) is 2.48. The molecule has 0 fully saturated rings. The van der Waals surface area contributed by atoms with Gasteiger partial charge in [-0.25, -0.2) is 4.39 Å². The van der Waals surface area contributed by atoms with Gasteiger partial charge >= 0.3 is 0 Å². The minimum atomic E-state index is -0.195. The van der Waals surface area contributed by atoms with Gasteiger partial charge in [-0.05, 0) is 48.6 Å². The third-order valence-corrected chi connectivity index (χ3v) is 3.65. The van der Waals surface area contributed by atoms with Crippen molar-refractivity contribution in [1.29, 1.82) is 0 Å². The van der Waals surface area contributed by atoms with E-state index in [4.69, 9.17) is 0 Å². The van der Waals surface area contributed by atoms with Crippen molar-refractivity contribution in [2.75, 3.05) is 5.32 Å². The maximum atomic E-state index is 13.8. The molecule has 2 rings (SSSR count). The summed E-state index contributed by atoms with van der Waals surface area (Å²) >= 11 is 0. The van der Waals surface area contributed by atoms with Crippen LogP contribution in [0.2, 0.25) is 0 Å². The summed E-state index contributed by atoms with van der Waals surface area (Å²) in [6.07, 6.45) is 1.95. The summed E-state index contributed by atoms with van der Waals surface area (Å²) in [6.45, 7) is 6.23. The molecule has 0 saturated heterocycles. The fourth-order valence-corrected chi connectivity index (χ4v) is 2.34. The Morgan fingerprint density at radius 2 is 1.75 bits per heavy atom. The van der Waals surface area contributed by atoms with Crippen molar-refractivity contribution in [3.8, 4) is 0 Å². The lowest BCUT2D eigenvalue weighted by molar-refractivity contribution is 0.623. The van der Waals surface area contributed by atoms with E-state index in [1.165, 1.54) is 17.2 Å².